The Bertz CT molecular complexity index is 662. The highest BCUT2D eigenvalue weighted by molar-refractivity contribution is 7.18. The topological polar surface area (TPSA) is 54.5 Å². The number of nitrogens with one attached hydrogen (secondary N) is 1. The largest absolute Gasteiger partial charge is 0.379 e. The predicted molar refractivity (Wildman–Crippen MR) is 102 cm³/mol. The Kier molecular flexibility index (Phi) is 6.39. The first-order valence-corrected chi connectivity index (χ1v) is 9.88. The molecule has 0 spiro atoms. The quantitative estimate of drug-likeness (QED) is 0.824. The zero-order valence-corrected chi connectivity index (χ0v) is 15.8. The van der Waals surface area contributed by atoms with Gasteiger partial charge in [0.1, 0.15) is 0 Å². The molecule has 1 atom stereocenters. The van der Waals surface area contributed by atoms with Crippen molar-refractivity contribution in [1.29, 1.82) is 0 Å². The number of amides is 1. The first kappa shape index (κ1) is 18.3. The fraction of sp³-hybridized carbons (Fsp3) is 0.579. The van der Waals surface area contributed by atoms with Crippen molar-refractivity contribution in [3.8, 4) is 0 Å². The Balaban J connectivity index is 1.47. The highest BCUT2D eigenvalue weighted by Crippen LogP contribution is 2.22. The molecule has 136 valence electrons. The Morgan fingerprint density at radius 3 is 2.80 bits per heavy atom. The smallest absolute Gasteiger partial charge is 0.220 e. The van der Waals surface area contributed by atoms with E-state index in [9.17, 15) is 4.79 Å². The molecule has 1 saturated heterocycles. The molecule has 6 heteroatoms. The van der Waals surface area contributed by atoms with Crippen molar-refractivity contribution in [3.05, 3.63) is 29.3 Å². The maximum absolute atomic E-state index is 12.3. The van der Waals surface area contributed by atoms with Crippen molar-refractivity contribution in [2.75, 3.05) is 32.8 Å². The van der Waals surface area contributed by atoms with Crippen molar-refractivity contribution >= 4 is 27.5 Å². The third-order valence-electron chi connectivity index (χ3n) is 4.70. The van der Waals surface area contributed by atoms with Gasteiger partial charge >= 0.3 is 0 Å². The molecule has 5 nitrogen and oxygen atoms in total. The molecule has 0 bridgehead atoms. The lowest BCUT2D eigenvalue weighted by Gasteiger charge is -2.36. The van der Waals surface area contributed by atoms with Crippen LogP contribution in [0.5, 0.6) is 0 Å². The summed E-state index contributed by atoms with van der Waals surface area (Å²) in [4.78, 5) is 19.3. The number of ether oxygens (including phenoxy) is 1. The van der Waals surface area contributed by atoms with Crippen molar-refractivity contribution in [3.63, 3.8) is 0 Å². The van der Waals surface area contributed by atoms with Gasteiger partial charge in [-0.05, 0) is 18.1 Å². The van der Waals surface area contributed by atoms with Crippen LogP contribution in [0.25, 0.3) is 10.2 Å². The van der Waals surface area contributed by atoms with Crippen LogP contribution in [-0.2, 0) is 16.0 Å². The monoisotopic (exact) mass is 361 g/mol. The molecule has 1 aliphatic heterocycles. The number of morpholine rings is 1. The maximum atomic E-state index is 12.3. The summed E-state index contributed by atoms with van der Waals surface area (Å²) in [7, 11) is 0. The Hall–Kier alpha value is -1.50. The number of carbonyl (C=O) groups excluding carboxylic acids is 1. The first-order valence-electron chi connectivity index (χ1n) is 9.06. The van der Waals surface area contributed by atoms with Gasteiger partial charge in [-0.1, -0.05) is 26.0 Å². The molecule has 0 aliphatic carbocycles. The van der Waals surface area contributed by atoms with Gasteiger partial charge in [0, 0.05) is 38.5 Å². The lowest BCUT2D eigenvalue weighted by Crippen LogP contribution is -2.51. The first-order chi connectivity index (χ1) is 12.1. The van der Waals surface area contributed by atoms with Crippen LogP contribution in [0.1, 0.15) is 25.3 Å². The van der Waals surface area contributed by atoms with Crippen molar-refractivity contribution in [2.24, 2.45) is 5.92 Å². The summed E-state index contributed by atoms with van der Waals surface area (Å²) >= 11 is 1.68. The van der Waals surface area contributed by atoms with Crippen LogP contribution in [0.4, 0.5) is 0 Å². The molecule has 2 aromatic rings. The Morgan fingerprint density at radius 2 is 2.08 bits per heavy atom. The second kappa shape index (κ2) is 8.74. The van der Waals surface area contributed by atoms with Crippen LogP contribution in [0.3, 0.4) is 0 Å². The van der Waals surface area contributed by atoms with Crippen molar-refractivity contribution < 1.29 is 9.53 Å². The maximum Gasteiger partial charge on any atom is 0.220 e. The van der Waals surface area contributed by atoms with Crippen LogP contribution in [0, 0.1) is 5.92 Å². The molecule has 1 N–H and O–H groups in total. The van der Waals surface area contributed by atoms with Gasteiger partial charge in [-0.3, -0.25) is 9.69 Å². The molecule has 1 unspecified atom stereocenters. The molecular weight excluding hydrogens is 334 g/mol. The minimum Gasteiger partial charge on any atom is -0.379 e. The molecule has 1 amide bonds. The highest BCUT2D eigenvalue weighted by atomic mass is 32.1. The standard InChI is InChI=1S/C19H27N3O2S/c1-14(2)16(22-9-11-24-12-10-22)13-20-18(23)7-8-19-21-15-5-3-4-6-17(15)25-19/h3-6,14,16H,7-13H2,1-2H3,(H,20,23). The van der Waals surface area contributed by atoms with E-state index in [1.807, 2.05) is 18.2 Å². The Morgan fingerprint density at radius 1 is 1.32 bits per heavy atom. The number of rotatable bonds is 7. The number of aromatic nitrogens is 1. The number of hydrogen-bond acceptors (Lipinski definition) is 5. The van der Waals surface area contributed by atoms with Gasteiger partial charge in [0.15, 0.2) is 0 Å². The zero-order chi connectivity index (χ0) is 17.6. The molecule has 0 saturated carbocycles. The average molecular weight is 362 g/mol. The fourth-order valence-electron chi connectivity index (χ4n) is 3.25. The predicted octanol–water partition coefficient (Wildman–Crippen LogP) is 2.70. The number of benzene rings is 1. The molecule has 3 rings (SSSR count). The zero-order valence-electron chi connectivity index (χ0n) is 15.0. The van der Waals surface area contributed by atoms with E-state index in [0.717, 1.165) is 36.8 Å². The summed E-state index contributed by atoms with van der Waals surface area (Å²) in [5.41, 5.74) is 1.02. The number of carbonyl (C=O) groups is 1. The lowest BCUT2D eigenvalue weighted by molar-refractivity contribution is -0.121. The van der Waals surface area contributed by atoms with Crippen molar-refractivity contribution in [2.45, 2.75) is 32.7 Å². The summed E-state index contributed by atoms with van der Waals surface area (Å²) in [6.07, 6.45) is 1.20. The molecule has 2 heterocycles. The number of hydrogen-bond donors (Lipinski definition) is 1. The van der Waals surface area contributed by atoms with Crippen LogP contribution < -0.4 is 5.32 Å². The van der Waals surface area contributed by atoms with Gasteiger partial charge < -0.3 is 10.1 Å². The molecule has 25 heavy (non-hydrogen) atoms. The molecule has 0 radical (unpaired) electrons. The normalized spacial score (nSPS) is 17.1. The van der Waals surface area contributed by atoms with E-state index in [4.69, 9.17) is 4.74 Å². The molecule has 1 aromatic carbocycles. The lowest BCUT2D eigenvalue weighted by atomic mass is 10.0. The van der Waals surface area contributed by atoms with E-state index in [1.165, 1.54) is 4.70 Å². The summed E-state index contributed by atoms with van der Waals surface area (Å²) in [6.45, 7) is 8.61. The minimum absolute atomic E-state index is 0.109. The number of fused-ring (bicyclic) bond motifs is 1. The van der Waals surface area contributed by atoms with Gasteiger partial charge in [0.05, 0.1) is 28.4 Å². The van der Waals surface area contributed by atoms with E-state index < -0.39 is 0 Å². The number of aryl methyl sites for hydroxylation is 1. The van der Waals surface area contributed by atoms with Crippen molar-refractivity contribution in [1.82, 2.24) is 15.2 Å². The summed E-state index contributed by atoms with van der Waals surface area (Å²) < 4.78 is 6.62. The molecule has 1 aliphatic rings. The Labute approximate surface area is 153 Å². The van der Waals surface area contributed by atoms with Crippen LogP contribution in [0.2, 0.25) is 0 Å². The molecule has 1 aromatic heterocycles. The molecular formula is C19H27N3O2S. The van der Waals surface area contributed by atoms with Gasteiger partial charge in [0.2, 0.25) is 5.91 Å². The van der Waals surface area contributed by atoms with Crippen LogP contribution in [-0.4, -0.2) is 54.7 Å². The summed E-state index contributed by atoms with van der Waals surface area (Å²) in [6, 6.07) is 8.48. The minimum atomic E-state index is 0.109. The molecule has 1 fully saturated rings. The summed E-state index contributed by atoms with van der Waals surface area (Å²) in [5.74, 6) is 0.612. The third kappa shape index (κ3) is 5.00. The van der Waals surface area contributed by atoms with E-state index in [0.29, 0.717) is 31.3 Å². The van der Waals surface area contributed by atoms with Gasteiger partial charge in [0.25, 0.3) is 0 Å². The van der Waals surface area contributed by atoms with Crippen LogP contribution in [0.15, 0.2) is 24.3 Å². The highest BCUT2D eigenvalue weighted by Gasteiger charge is 2.24. The van der Waals surface area contributed by atoms with Crippen LogP contribution >= 0.6 is 11.3 Å². The number of thiazole rings is 1. The fourth-order valence-corrected chi connectivity index (χ4v) is 4.22. The van der Waals surface area contributed by atoms with E-state index in [2.05, 4.69) is 35.1 Å². The second-order valence-electron chi connectivity index (χ2n) is 6.84. The summed E-state index contributed by atoms with van der Waals surface area (Å²) in [5, 5.41) is 4.15. The van der Waals surface area contributed by atoms with E-state index in [-0.39, 0.29) is 5.91 Å². The van der Waals surface area contributed by atoms with Gasteiger partial charge in [-0.25, -0.2) is 4.98 Å². The van der Waals surface area contributed by atoms with Gasteiger partial charge in [-0.15, -0.1) is 11.3 Å². The second-order valence-corrected chi connectivity index (χ2v) is 7.95. The third-order valence-corrected chi connectivity index (χ3v) is 5.79. The SMILES string of the molecule is CC(C)C(CNC(=O)CCc1nc2ccccc2s1)N1CCOCC1. The van der Waals surface area contributed by atoms with Gasteiger partial charge in [-0.2, -0.15) is 0 Å². The number of para-hydroxylation sites is 1. The number of nitrogens with zero attached hydrogens (tertiary/aromatic N) is 2. The van der Waals surface area contributed by atoms with E-state index in [1.54, 1.807) is 11.3 Å². The van der Waals surface area contributed by atoms with E-state index >= 15 is 0 Å². The average Bonchev–Trinajstić information content (AvgIpc) is 3.04.